The van der Waals surface area contributed by atoms with E-state index in [4.69, 9.17) is 0 Å². The predicted molar refractivity (Wildman–Crippen MR) is 154 cm³/mol. The molecule has 11 heteroatoms. The van der Waals surface area contributed by atoms with Crippen LogP contribution in [0.3, 0.4) is 0 Å². The Balaban J connectivity index is 1.01. The lowest BCUT2D eigenvalue weighted by Crippen LogP contribution is -2.39. The van der Waals surface area contributed by atoms with E-state index in [1.807, 2.05) is 36.4 Å². The van der Waals surface area contributed by atoms with Crippen LogP contribution in [-0.4, -0.2) is 35.0 Å². The Morgan fingerprint density at radius 2 is 1.61 bits per heavy atom. The number of anilines is 1. The molecule has 2 aliphatic rings. The fourth-order valence-electron chi connectivity index (χ4n) is 4.93. The molecule has 1 aromatic carbocycles. The van der Waals surface area contributed by atoms with E-state index in [2.05, 4.69) is 30.6 Å². The van der Waals surface area contributed by atoms with E-state index < -0.39 is 0 Å². The van der Waals surface area contributed by atoms with Crippen LogP contribution in [0.4, 0.5) is 5.82 Å². The Kier molecular flexibility index (Phi) is 6.18. The lowest BCUT2D eigenvalue weighted by molar-refractivity contribution is 0.0946. The molecule has 0 saturated heterocycles. The van der Waals surface area contributed by atoms with Crippen LogP contribution in [0.2, 0.25) is 0 Å². The standard InChI is InChI=1S/C30H28N8O3/c39-28(23-3-1-2-14-31-23)34-16-19-6-4-18(5-7-19)15-32-24-13-8-20(17-33-24)26-35-25-27(36-26)37(21-9-10-21)30(41)38(29(25)40)22-11-12-22/h1-8,13-14,17,21-22H,9-12,15-16H2,(H,32,33)(H,34,39)(H,35,36). The third kappa shape index (κ3) is 5.02. The number of fused-ring (bicyclic) bond motifs is 1. The summed E-state index contributed by atoms with van der Waals surface area (Å²) in [5.74, 6) is 1.01. The minimum atomic E-state index is -0.295. The van der Waals surface area contributed by atoms with Crippen LogP contribution in [0, 0.1) is 0 Å². The van der Waals surface area contributed by atoms with E-state index in [9.17, 15) is 14.4 Å². The molecule has 2 aliphatic carbocycles. The molecule has 3 N–H and O–H groups in total. The fourth-order valence-corrected chi connectivity index (χ4v) is 4.93. The monoisotopic (exact) mass is 548 g/mol. The van der Waals surface area contributed by atoms with Gasteiger partial charge in [-0.2, -0.15) is 0 Å². The van der Waals surface area contributed by atoms with Crippen molar-refractivity contribution in [3.63, 3.8) is 0 Å². The zero-order valence-corrected chi connectivity index (χ0v) is 22.2. The number of aromatic nitrogens is 6. The summed E-state index contributed by atoms with van der Waals surface area (Å²) in [6, 6.07) is 17.1. The van der Waals surface area contributed by atoms with Crippen molar-refractivity contribution in [1.82, 2.24) is 34.4 Å². The number of carbonyl (C=O) groups excluding carboxylic acids is 1. The Labute approximate surface area is 234 Å². The van der Waals surface area contributed by atoms with Crippen LogP contribution in [-0.2, 0) is 13.1 Å². The molecule has 1 amide bonds. The molecule has 41 heavy (non-hydrogen) atoms. The zero-order chi connectivity index (χ0) is 27.9. The van der Waals surface area contributed by atoms with E-state index in [0.717, 1.165) is 42.4 Å². The van der Waals surface area contributed by atoms with E-state index >= 15 is 0 Å². The highest BCUT2D eigenvalue weighted by Crippen LogP contribution is 2.37. The minimum Gasteiger partial charge on any atom is -0.366 e. The number of aromatic amines is 1. The molecular weight excluding hydrogens is 520 g/mol. The average molecular weight is 549 g/mol. The van der Waals surface area contributed by atoms with Crippen molar-refractivity contribution in [2.45, 2.75) is 50.9 Å². The van der Waals surface area contributed by atoms with Gasteiger partial charge in [-0.25, -0.2) is 14.8 Å². The number of H-pyrrole nitrogens is 1. The number of rotatable bonds is 9. The molecule has 11 nitrogen and oxygen atoms in total. The van der Waals surface area contributed by atoms with Crippen LogP contribution >= 0.6 is 0 Å². The van der Waals surface area contributed by atoms with Crippen LogP contribution in [0.1, 0.15) is 59.4 Å². The zero-order valence-electron chi connectivity index (χ0n) is 22.2. The summed E-state index contributed by atoms with van der Waals surface area (Å²) in [5.41, 5.74) is 3.44. The Morgan fingerprint density at radius 1 is 0.878 bits per heavy atom. The number of hydrogen-bond donors (Lipinski definition) is 3. The van der Waals surface area contributed by atoms with E-state index in [1.165, 1.54) is 4.57 Å². The summed E-state index contributed by atoms with van der Waals surface area (Å²) >= 11 is 0. The third-order valence-corrected chi connectivity index (χ3v) is 7.47. The number of benzene rings is 1. The molecule has 7 rings (SSSR count). The number of amides is 1. The molecule has 0 spiro atoms. The molecule has 0 atom stereocenters. The van der Waals surface area contributed by atoms with Crippen molar-refractivity contribution in [1.29, 1.82) is 0 Å². The molecule has 0 bridgehead atoms. The highest BCUT2D eigenvalue weighted by Gasteiger charge is 2.34. The first kappa shape index (κ1) is 24.9. The van der Waals surface area contributed by atoms with E-state index in [-0.39, 0.29) is 29.2 Å². The number of carbonyl (C=O) groups is 1. The van der Waals surface area contributed by atoms with Gasteiger partial charge in [0.05, 0.1) is 0 Å². The Morgan fingerprint density at radius 3 is 2.27 bits per heavy atom. The average Bonchev–Trinajstić information content (AvgIpc) is 3.95. The predicted octanol–water partition coefficient (Wildman–Crippen LogP) is 3.56. The van der Waals surface area contributed by atoms with Gasteiger partial charge < -0.3 is 15.6 Å². The number of pyridine rings is 2. The van der Waals surface area contributed by atoms with Gasteiger partial charge in [0.25, 0.3) is 11.5 Å². The normalized spacial score (nSPS) is 14.7. The van der Waals surface area contributed by atoms with Gasteiger partial charge in [0.15, 0.2) is 5.65 Å². The van der Waals surface area contributed by atoms with Crippen molar-refractivity contribution in [3.05, 3.63) is 105 Å². The lowest BCUT2D eigenvalue weighted by atomic mass is 10.1. The molecular formula is C30H28N8O3. The summed E-state index contributed by atoms with van der Waals surface area (Å²) in [6.45, 7) is 0.991. The second-order valence-corrected chi connectivity index (χ2v) is 10.6. The summed E-state index contributed by atoms with van der Waals surface area (Å²) < 4.78 is 3.09. The molecule has 0 radical (unpaired) electrons. The molecule has 4 aromatic heterocycles. The van der Waals surface area contributed by atoms with Crippen molar-refractivity contribution >= 4 is 22.9 Å². The highest BCUT2D eigenvalue weighted by molar-refractivity contribution is 5.92. The summed E-state index contributed by atoms with van der Waals surface area (Å²) in [4.78, 5) is 54.8. The molecule has 2 fully saturated rings. The number of nitrogens with one attached hydrogen (secondary N) is 3. The van der Waals surface area contributed by atoms with Crippen LogP contribution in [0.5, 0.6) is 0 Å². The fraction of sp³-hybridized carbons (Fsp3) is 0.267. The quantitative estimate of drug-likeness (QED) is 0.256. The maximum Gasteiger partial charge on any atom is 0.333 e. The van der Waals surface area contributed by atoms with Gasteiger partial charge in [0.1, 0.15) is 22.9 Å². The topological polar surface area (TPSA) is 140 Å². The van der Waals surface area contributed by atoms with Crippen molar-refractivity contribution in [2.75, 3.05) is 5.32 Å². The number of imidazole rings is 1. The maximum absolute atomic E-state index is 13.1. The first-order valence-corrected chi connectivity index (χ1v) is 13.8. The van der Waals surface area contributed by atoms with E-state index in [1.54, 1.807) is 35.2 Å². The molecule has 0 unspecified atom stereocenters. The third-order valence-electron chi connectivity index (χ3n) is 7.47. The molecule has 4 heterocycles. The summed E-state index contributed by atoms with van der Waals surface area (Å²) in [5, 5.41) is 6.19. The number of nitrogens with zero attached hydrogens (tertiary/aromatic N) is 5. The van der Waals surface area contributed by atoms with Gasteiger partial charge in [-0.1, -0.05) is 30.3 Å². The molecule has 5 aromatic rings. The lowest BCUT2D eigenvalue weighted by Gasteiger charge is -2.09. The molecule has 2 saturated carbocycles. The highest BCUT2D eigenvalue weighted by atomic mass is 16.2. The van der Waals surface area contributed by atoms with Gasteiger partial charge in [0, 0.05) is 43.1 Å². The van der Waals surface area contributed by atoms with Crippen LogP contribution in [0.25, 0.3) is 22.6 Å². The van der Waals surface area contributed by atoms with Crippen molar-refractivity contribution < 1.29 is 4.79 Å². The molecule has 206 valence electrons. The maximum atomic E-state index is 13.1. The number of hydrogen-bond acceptors (Lipinski definition) is 7. The van der Waals surface area contributed by atoms with Gasteiger partial charge in [-0.05, 0) is 61.1 Å². The van der Waals surface area contributed by atoms with Gasteiger partial charge >= 0.3 is 5.69 Å². The second-order valence-electron chi connectivity index (χ2n) is 10.6. The largest absolute Gasteiger partial charge is 0.366 e. The van der Waals surface area contributed by atoms with Gasteiger partial charge in [-0.3, -0.25) is 23.7 Å². The van der Waals surface area contributed by atoms with Crippen LogP contribution in [0.15, 0.2) is 76.6 Å². The Hall–Kier alpha value is -5.06. The summed E-state index contributed by atoms with van der Waals surface area (Å²) in [6.07, 6.45) is 6.87. The summed E-state index contributed by atoms with van der Waals surface area (Å²) in [7, 11) is 0. The Bertz CT molecular complexity index is 1850. The minimum absolute atomic E-state index is 0.00237. The first-order valence-electron chi connectivity index (χ1n) is 13.8. The van der Waals surface area contributed by atoms with E-state index in [0.29, 0.717) is 41.6 Å². The SMILES string of the molecule is O=C(NCc1ccc(CNc2ccc(-c3nc4c([nH]3)c(=O)n(C3CC3)c(=O)n4C3CC3)cn2)cc1)c1ccccn1. The first-order chi connectivity index (χ1) is 20.0. The van der Waals surface area contributed by atoms with Gasteiger partial charge in [-0.15, -0.1) is 0 Å². The molecule has 0 aliphatic heterocycles. The second kappa shape index (κ2) is 10.2. The van der Waals surface area contributed by atoms with Crippen molar-refractivity contribution in [3.8, 4) is 11.4 Å². The van der Waals surface area contributed by atoms with Gasteiger partial charge in [0.2, 0.25) is 0 Å². The van der Waals surface area contributed by atoms with Crippen molar-refractivity contribution in [2.24, 2.45) is 0 Å². The van der Waals surface area contributed by atoms with Crippen LogP contribution < -0.4 is 21.9 Å². The smallest absolute Gasteiger partial charge is 0.333 e.